The maximum atomic E-state index is 9.15. The molecule has 0 saturated carbocycles. The molecule has 0 heterocycles. The standard InChI is InChI=1S/C2H4O3.Zn/c1-5-2(3)4;/h1H3,(H,3,4);. The zero-order valence-corrected chi connectivity index (χ0v) is 6.44. The summed E-state index contributed by atoms with van der Waals surface area (Å²) in [7, 11) is 1.10. The van der Waals surface area contributed by atoms with E-state index in [1.54, 1.807) is 0 Å². The molecule has 0 atom stereocenters. The van der Waals surface area contributed by atoms with Crippen molar-refractivity contribution in [3.63, 3.8) is 0 Å². The number of ether oxygens (including phenoxy) is 1. The average Bonchev–Trinajstić information content (AvgIpc) is 1.38. The van der Waals surface area contributed by atoms with E-state index in [2.05, 4.69) is 4.74 Å². The molecule has 3 nitrogen and oxygen atoms in total. The molecule has 0 unspecified atom stereocenters. The van der Waals surface area contributed by atoms with Crippen LogP contribution in [0.25, 0.3) is 0 Å². The Morgan fingerprint density at radius 2 is 2.00 bits per heavy atom. The van der Waals surface area contributed by atoms with E-state index < -0.39 is 6.16 Å². The molecule has 6 heavy (non-hydrogen) atoms. The molecular formula is C2H4O3Zn. The Labute approximate surface area is 48.1 Å². The molecule has 0 aromatic rings. The molecule has 0 aliphatic heterocycles. The number of methoxy groups -OCH3 is 1. The molecule has 0 spiro atoms. The second-order valence-corrected chi connectivity index (χ2v) is 0.470. The Bertz CT molecular complexity index is 44.1. The Morgan fingerprint density at radius 1 is 1.83 bits per heavy atom. The van der Waals surface area contributed by atoms with Crippen LogP contribution in [0.2, 0.25) is 0 Å². The van der Waals surface area contributed by atoms with Crippen LogP contribution in [0.5, 0.6) is 0 Å². The molecule has 1 N–H and O–H groups in total. The van der Waals surface area contributed by atoms with Crippen LogP contribution >= 0.6 is 0 Å². The molecule has 0 fully saturated rings. The summed E-state index contributed by atoms with van der Waals surface area (Å²) in [5.41, 5.74) is 0. The van der Waals surface area contributed by atoms with Crippen LogP contribution in [-0.4, -0.2) is 18.4 Å². The van der Waals surface area contributed by atoms with Gasteiger partial charge in [0.15, 0.2) is 0 Å². The third-order valence-corrected chi connectivity index (χ3v) is 0.175. The molecule has 0 rings (SSSR count). The fourth-order valence-corrected chi connectivity index (χ4v) is 0. The Morgan fingerprint density at radius 3 is 2.00 bits per heavy atom. The van der Waals surface area contributed by atoms with Crippen molar-refractivity contribution in [1.29, 1.82) is 0 Å². The predicted molar refractivity (Wildman–Crippen MR) is 15.0 cm³/mol. The van der Waals surface area contributed by atoms with Crippen molar-refractivity contribution < 1.29 is 34.1 Å². The van der Waals surface area contributed by atoms with Gasteiger partial charge in [0.25, 0.3) is 0 Å². The molecule has 0 amide bonds. The van der Waals surface area contributed by atoms with Crippen molar-refractivity contribution in [1.82, 2.24) is 0 Å². The van der Waals surface area contributed by atoms with E-state index in [1.165, 1.54) is 0 Å². The second-order valence-electron chi connectivity index (χ2n) is 0.470. The summed E-state index contributed by atoms with van der Waals surface area (Å²) in [6, 6.07) is 0. The van der Waals surface area contributed by atoms with E-state index in [9.17, 15) is 0 Å². The van der Waals surface area contributed by atoms with E-state index in [-0.39, 0.29) is 19.5 Å². The molecule has 4 heteroatoms. The topological polar surface area (TPSA) is 46.5 Å². The maximum Gasteiger partial charge on any atom is 0.505 e. The quantitative estimate of drug-likeness (QED) is 0.390. The van der Waals surface area contributed by atoms with Gasteiger partial charge in [-0.05, 0) is 0 Å². The molecule has 0 saturated heterocycles. The van der Waals surface area contributed by atoms with Gasteiger partial charge in [-0.3, -0.25) is 0 Å². The Hall–Kier alpha value is -0.107. The van der Waals surface area contributed by atoms with Gasteiger partial charge in [0.05, 0.1) is 7.11 Å². The van der Waals surface area contributed by atoms with E-state index in [0.29, 0.717) is 0 Å². The summed E-state index contributed by atoms with van der Waals surface area (Å²) >= 11 is 0. The normalized spacial score (nSPS) is 5.50. The van der Waals surface area contributed by atoms with Crippen molar-refractivity contribution in [2.45, 2.75) is 0 Å². The van der Waals surface area contributed by atoms with Crippen molar-refractivity contribution in [3.05, 3.63) is 0 Å². The minimum absolute atomic E-state index is 0. The summed E-state index contributed by atoms with van der Waals surface area (Å²) in [4.78, 5) is 9.15. The minimum Gasteiger partial charge on any atom is -0.450 e. The van der Waals surface area contributed by atoms with Crippen molar-refractivity contribution in [3.8, 4) is 0 Å². The Kier molecular flexibility index (Phi) is 7.59. The summed E-state index contributed by atoms with van der Waals surface area (Å²) in [5.74, 6) is 0. The molecule has 0 aromatic carbocycles. The third kappa shape index (κ3) is 9.09. The van der Waals surface area contributed by atoms with Gasteiger partial charge in [0, 0.05) is 19.5 Å². The number of carbonyl (C=O) groups is 1. The van der Waals surface area contributed by atoms with Crippen molar-refractivity contribution in [2.24, 2.45) is 0 Å². The molecule has 32 valence electrons. The first kappa shape index (κ1) is 9.31. The summed E-state index contributed by atoms with van der Waals surface area (Å²) < 4.78 is 3.67. The first-order valence-corrected chi connectivity index (χ1v) is 1.04. The number of hydrogen-bond acceptors (Lipinski definition) is 2. The zero-order valence-electron chi connectivity index (χ0n) is 3.47. The van der Waals surface area contributed by atoms with Gasteiger partial charge in [-0.25, -0.2) is 4.79 Å². The number of rotatable bonds is 0. The predicted octanol–water partition coefficient (Wildman–Crippen LogP) is 0.308. The summed E-state index contributed by atoms with van der Waals surface area (Å²) in [5, 5.41) is 7.50. The van der Waals surface area contributed by atoms with Crippen LogP contribution in [-0.2, 0) is 24.2 Å². The van der Waals surface area contributed by atoms with Gasteiger partial charge >= 0.3 is 6.16 Å². The number of carboxylic acid groups (broad SMARTS) is 1. The summed E-state index contributed by atoms with van der Waals surface area (Å²) in [6.45, 7) is 0. The third-order valence-electron chi connectivity index (χ3n) is 0.175. The molecule has 0 radical (unpaired) electrons. The SMILES string of the molecule is COC(=O)O.[Zn]. The van der Waals surface area contributed by atoms with Gasteiger partial charge in [-0.1, -0.05) is 0 Å². The first-order chi connectivity index (χ1) is 2.27. The van der Waals surface area contributed by atoms with E-state index in [0.717, 1.165) is 7.11 Å². The fraction of sp³-hybridized carbons (Fsp3) is 0.500. The van der Waals surface area contributed by atoms with Gasteiger partial charge in [0.2, 0.25) is 0 Å². The largest absolute Gasteiger partial charge is 0.505 e. The van der Waals surface area contributed by atoms with Gasteiger partial charge < -0.3 is 9.84 Å². The Balaban J connectivity index is 0. The van der Waals surface area contributed by atoms with Gasteiger partial charge in [0.1, 0.15) is 0 Å². The van der Waals surface area contributed by atoms with Crippen LogP contribution in [0.4, 0.5) is 4.79 Å². The van der Waals surface area contributed by atoms with Crippen LogP contribution in [0.1, 0.15) is 0 Å². The first-order valence-electron chi connectivity index (χ1n) is 1.04. The fourth-order valence-electron chi connectivity index (χ4n) is 0. The molecule has 0 bridgehead atoms. The van der Waals surface area contributed by atoms with E-state index >= 15 is 0 Å². The van der Waals surface area contributed by atoms with Crippen LogP contribution < -0.4 is 0 Å². The monoisotopic (exact) mass is 140 g/mol. The minimum atomic E-state index is -1.25. The molecule has 0 aliphatic rings. The van der Waals surface area contributed by atoms with Crippen LogP contribution in [0.15, 0.2) is 0 Å². The summed E-state index contributed by atoms with van der Waals surface area (Å²) in [6.07, 6.45) is -1.25. The molecular weight excluding hydrogens is 137 g/mol. The van der Waals surface area contributed by atoms with Gasteiger partial charge in [-0.15, -0.1) is 0 Å². The molecule has 0 aromatic heterocycles. The number of hydrogen-bond donors (Lipinski definition) is 1. The second kappa shape index (κ2) is 4.89. The van der Waals surface area contributed by atoms with E-state index in [1.807, 2.05) is 0 Å². The van der Waals surface area contributed by atoms with Gasteiger partial charge in [-0.2, -0.15) is 0 Å². The van der Waals surface area contributed by atoms with Crippen molar-refractivity contribution >= 4 is 6.16 Å². The van der Waals surface area contributed by atoms with Crippen LogP contribution in [0, 0.1) is 0 Å². The zero-order chi connectivity index (χ0) is 4.28. The maximum absolute atomic E-state index is 9.15. The smallest absolute Gasteiger partial charge is 0.450 e. The van der Waals surface area contributed by atoms with Crippen LogP contribution in [0.3, 0.4) is 0 Å². The van der Waals surface area contributed by atoms with E-state index in [4.69, 9.17) is 9.90 Å². The van der Waals surface area contributed by atoms with Crippen molar-refractivity contribution in [2.75, 3.05) is 7.11 Å². The average molecular weight is 141 g/mol. The molecule has 0 aliphatic carbocycles.